The predicted octanol–water partition coefficient (Wildman–Crippen LogP) is 1.38. The molecule has 13 heavy (non-hydrogen) atoms. The van der Waals surface area contributed by atoms with Crippen LogP contribution in [0.2, 0.25) is 0 Å². The Morgan fingerprint density at radius 2 is 2.23 bits per heavy atom. The molecule has 0 atom stereocenters. The van der Waals surface area contributed by atoms with Gasteiger partial charge in [0, 0.05) is 26.0 Å². The highest BCUT2D eigenvalue weighted by molar-refractivity contribution is 4.80. The van der Waals surface area contributed by atoms with Crippen molar-refractivity contribution in [2.24, 2.45) is 13.0 Å². The molecule has 0 saturated heterocycles. The van der Waals surface area contributed by atoms with Gasteiger partial charge in [-0.1, -0.05) is 19.3 Å². The Kier molecular flexibility index (Phi) is 2.25. The Hall–Kier alpha value is -0.990. The summed E-state index contributed by atoms with van der Waals surface area (Å²) in [5.41, 5.74) is 0.110. The van der Waals surface area contributed by atoms with Gasteiger partial charge in [-0.2, -0.15) is 0 Å². The molecule has 1 fully saturated rings. The third-order valence-corrected chi connectivity index (χ3v) is 3.02. The van der Waals surface area contributed by atoms with E-state index in [2.05, 4.69) is 0 Å². The molecule has 1 aromatic rings. The van der Waals surface area contributed by atoms with Crippen LogP contribution in [-0.4, -0.2) is 9.13 Å². The van der Waals surface area contributed by atoms with Crippen molar-refractivity contribution in [2.75, 3.05) is 0 Å². The van der Waals surface area contributed by atoms with Crippen molar-refractivity contribution in [3.05, 3.63) is 22.9 Å². The van der Waals surface area contributed by atoms with Crippen molar-refractivity contribution in [2.45, 2.75) is 32.2 Å². The van der Waals surface area contributed by atoms with Crippen LogP contribution in [0.4, 0.5) is 0 Å². The summed E-state index contributed by atoms with van der Waals surface area (Å²) in [4.78, 5) is 11.4. The molecule has 1 aliphatic rings. The normalized spacial score (nSPS) is 17.3. The minimum atomic E-state index is 0.110. The summed E-state index contributed by atoms with van der Waals surface area (Å²) in [6.07, 6.45) is 8.98. The Labute approximate surface area is 78.0 Å². The van der Waals surface area contributed by atoms with Gasteiger partial charge in [-0.25, -0.2) is 4.79 Å². The van der Waals surface area contributed by atoms with Crippen molar-refractivity contribution in [1.29, 1.82) is 0 Å². The van der Waals surface area contributed by atoms with Crippen molar-refractivity contribution >= 4 is 0 Å². The summed E-state index contributed by atoms with van der Waals surface area (Å²) < 4.78 is 3.43. The number of aryl methyl sites for hydroxylation is 2. The van der Waals surface area contributed by atoms with Crippen molar-refractivity contribution in [3.8, 4) is 0 Å². The van der Waals surface area contributed by atoms with E-state index >= 15 is 0 Å². The molecule has 72 valence electrons. The quantitative estimate of drug-likeness (QED) is 0.690. The summed E-state index contributed by atoms with van der Waals surface area (Å²) in [6.45, 7) is 0.893. The molecule has 2 rings (SSSR count). The van der Waals surface area contributed by atoms with Gasteiger partial charge in [-0.05, 0) is 12.3 Å². The van der Waals surface area contributed by atoms with Gasteiger partial charge in [0.25, 0.3) is 0 Å². The zero-order valence-corrected chi connectivity index (χ0v) is 8.07. The van der Waals surface area contributed by atoms with Crippen molar-refractivity contribution in [1.82, 2.24) is 9.13 Å². The van der Waals surface area contributed by atoms with Crippen molar-refractivity contribution < 1.29 is 0 Å². The average molecular weight is 180 g/mol. The summed E-state index contributed by atoms with van der Waals surface area (Å²) in [5.74, 6) is 0.882. The van der Waals surface area contributed by atoms with Crippen LogP contribution in [0.1, 0.15) is 25.7 Å². The van der Waals surface area contributed by atoms with Crippen LogP contribution in [-0.2, 0) is 13.6 Å². The van der Waals surface area contributed by atoms with Gasteiger partial charge in [0.05, 0.1) is 0 Å². The number of aromatic nitrogens is 2. The van der Waals surface area contributed by atoms with Gasteiger partial charge >= 0.3 is 5.69 Å². The minimum absolute atomic E-state index is 0.110. The molecule has 0 aliphatic heterocycles. The summed E-state index contributed by atoms with van der Waals surface area (Å²) in [5, 5.41) is 0. The average Bonchev–Trinajstić information content (AvgIpc) is 2.33. The molecule has 1 heterocycles. The van der Waals surface area contributed by atoms with E-state index in [9.17, 15) is 4.79 Å². The SMILES string of the molecule is Cn1ccn(CCC2CCC2)c1=O. The van der Waals surface area contributed by atoms with Crippen LogP contribution in [0.3, 0.4) is 0 Å². The zero-order valence-electron chi connectivity index (χ0n) is 8.07. The molecule has 3 nitrogen and oxygen atoms in total. The van der Waals surface area contributed by atoms with Gasteiger partial charge in [0.2, 0.25) is 0 Å². The third-order valence-electron chi connectivity index (χ3n) is 3.02. The molecule has 0 radical (unpaired) electrons. The molecule has 0 unspecified atom stereocenters. The number of nitrogens with zero attached hydrogens (tertiary/aromatic N) is 2. The van der Waals surface area contributed by atoms with E-state index in [0.717, 1.165) is 12.5 Å². The van der Waals surface area contributed by atoms with Gasteiger partial charge < -0.3 is 4.57 Å². The highest BCUT2D eigenvalue weighted by Crippen LogP contribution is 2.29. The smallest absolute Gasteiger partial charge is 0.302 e. The van der Waals surface area contributed by atoms with Crippen LogP contribution in [0.25, 0.3) is 0 Å². The molecule has 1 aliphatic carbocycles. The second-order valence-electron chi connectivity index (χ2n) is 3.97. The molecular weight excluding hydrogens is 164 g/mol. The topological polar surface area (TPSA) is 26.9 Å². The first-order chi connectivity index (χ1) is 6.27. The first-order valence-electron chi connectivity index (χ1n) is 4.99. The van der Waals surface area contributed by atoms with E-state index in [1.807, 2.05) is 12.4 Å². The van der Waals surface area contributed by atoms with E-state index in [-0.39, 0.29) is 5.69 Å². The van der Waals surface area contributed by atoms with E-state index in [4.69, 9.17) is 0 Å². The molecule has 0 amide bonds. The number of rotatable bonds is 3. The second kappa shape index (κ2) is 3.40. The van der Waals surface area contributed by atoms with Crippen LogP contribution >= 0.6 is 0 Å². The highest BCUT2D eigenvalue weighted by atomic mass is 16.1. The lowest BCUT2D eigenvalue weighted by Gasteiger charge is -2.24. The second-order valence-corrected chi connectivity index (χ2v) is 3.97. The first kappa shape index (κ1) is 8.60. The summed E-state index contributed by atoms with van der Waals surface area (Å²) in [7, 11) is 1.79. The van der Waals surface area contributed by atoms with E-state index in [1.54, 1.807) is 16.2 Å². The Bertz CT molecular complexity index is 333. The molecule has 0 N–H and O–H groups in total. The number of hydrogen-bond acceptors (Lipinski definition) is 1. The maximum Gasteiger partial charge on any atom is 0.327 e. The van der Waals surface area contributed by atoms with Crippen LogP contribution in [0.5, 0.6) is 0 Å². The van der Waals surface area contributed by atoms with E-state index in [1.165, 1.54) is 25.7 Å². The standard InChI is InChI=1S/C10H16N2O/c1-11-7-8-12(10(11)13)6-5-9-3-2-4-9/h7-9H,2-6H2,1H3. The number of imidazole rings is 1. The fraction of sp³-hybridized carbons (Fsp3) is 0.700. The number of hydrogen-bond donors (Lipinski definition) is 0. The molecule has 1 saturated carbocycles. The first-order valence-corrected chi connectivity index (χ1v) is 4.99. The zero-order chi connectivity index (χ0) is 9.26. The highest BCUT2D eigenvalue weighted by Gasteiger charge is 2.17. The minimum Gasteiger partial charge on any atom is -0.302 e. The van der Waals surface area contributed by atoms with Gasteiger partial charge in [-0.3, -0.25) is 4.57 Å². The van der Waals surface area contributed by atoms with Crippen molar-refractivity contribution in [3.63, 3.8) is 0 Å². The Morgan fingerprint density at radius 3 is 2.69 bits per heavy atom. The third kappa shape index (κ3) is 1.69. The maximum absolute atomic E-state index is 11.4. The molecule has 1 aromatic heterocycles. The lowest BCUT2D eigenvalue weighted by Crippen LogP contribution is -2.24. The van der Waals surface area contributed by atoms with Gasteiger partial charge in [-0.15, -0.1) is 0 Å². The van der Waals surface area contributed by atoms with Gasteiger partial charge in [0.1, 0.15) is 0 Å². The maximum atomic E-state index is 11.4. The van der Waals surface area contributed by atoms with Crippen LogP contribution in [0.15, 0.2) is 17.2 Å². The summed E-state index contributed by atoms with van der Waals surface area (Å²) in [6, 6.07) is 0. The van der Waals surface area contributed by atoms with E-state index in [0.29, 0.717) is 0 Å². The lowest BCUT2D eigenvalue weighted by atomic mass is 9.83. The Morgan fingerprint density at radius 1 is 1.46 bits per heavy atom. The molecular formula is C10H16N2O. The Balaban J connectivity index is 1.93. The molecule has 0 aromatic carbocycles. The fourth-order valence-electron chi connectivity index (χ4n) is 1.78. The summed E-state index contributed by atoms with van der Waals surface area (Å²) >= 11 is 0. The lowest BCUT2D eigenvalue weighted by molar-refractivity contribution is 0.281. The predicted molar refractivity (Wildman–Crippen MR) is 51.6 cm³/mol. The van der Waals surface area contributed by atoms with Crippen LogP contribution in [0, 0.1) is 5.92 Å². The van der Waals surface area contributed by atoms with Gasteiger partial charge in [0.15, 0.2) is 0 Å². The molecule has 3 heteroatoms. The molecule has 0 spiro atoms. The van der Waals surface area contributed by atoms with E-state index < -0.39 is 0 Å². The molecule has 0 bridgehead atoms. The fourth-order valence-corrected chi connectivity index (χ4v) is 1.78. The monoisotopic (exact) mass is 180 g/mol. The largest absolute Gasteiger partial charge is 0.327 e. The van der Waals surface area contributed by atoms with Crippen LogP contribution < -0.4 is 5.69 Å².